The van der Waals surface area contributed by atoms with E-state index in [1.54, 1.807) is 25.1 Å². The minimum Gasteiger partial charge on any atom is -0.467 e. The van der Waals surface area contributed by atoms with E-state index in [-0.39, 0.29) is 11.8 Å². The van der Waals surface area contributed by atoms with Crippen molar-refractivity contribution in [3.8, 4) is 0 Å². The highest BCUT2D eigenvalue weighted by molar-refractivity contribution is 5.99. The van der Waals surface area contributed by atoms with Crippen LogP contribution in [0.5, 0.6) is 0 Å². The third kappa shape index (κ3) is 3.47. The van der Waals surface area contributed by atoms with Gasteiger partial charge in [-0.25, -0.2) is 4.79 Å². The Hall–Kier alpha value is -2.04. The van der Waals surface area contributed by atoms with Gasteiger partial charge in [0.05, 0.1) is 7.11 Å². The number of nitrogens with two attached hydrogens (primary N) is 1. The normalized spacial score (nSPS) is 12.1. The molecule has 1 amide bonds. The second-order valence-electron chi connectivity index (χ2n) is 4.74. The molecular weight excluding hydrogens is 244 g/mol. The Bertz CT molecular complexity index is 484. The summed E-state index contributed by atoms with van der Waals surface area (Å²) in [5, 5.41) is 2.68. The molecule has 19 heavy (non-hydrogen) atoms. The first kappa shape index (κ1) is 15.0. The first-order chi connectivity index (χ1) is 8.88. The number of anilines is 1. The van der Waals surface area contributed by atoms with E-state index in [1.165, 1.54) is 7.11 Å². The fourth-order valence-electron chi connectivity index (χ4n) is 1.74. The fourth-order valence-corrected chi connectivity index (χ4v) is 1.74. The summed E-state index contributed by atoms with van der Waals surface area (Å²) < 4.78 is 4.69. The summed E-state index contributed by atoms with van der Waals surface area (Å²) in [4.78, 5) is 23.8. The summed E-state index contributed by atoms with van der Waals surface area (Å²) >= 11 is 0. The van der Waals surface area contributed by atoms with Crippen LogP contribution in [0.3, 0.4) is 0 Å². The number of ether oxygens (including phenoxy) is 1. The third-order valence-corrected chi connectivity index (χ3v) is 3.03. The Morgan fingerprint density at radius 2 is 1.95 bits per heavy atom. The summed E-state index contributed by atoms with van der Waals surface area (Å²) in [6, 6.07) is 4.44. The molecule has 0 aliphatic carbocycles. The van der Waals surface area contributed by atoms with Crippen molar-refractivity contribution in [2.75, 3.05) is 12.8 Å². The van der Waals surface area contributed by atoms with Gasteiger partial charge < -0.3 is 15.8 Å². The molecule has 5 heteroatoms. The molecule has 1 aromatic rings. The number of methoxy groups -OCH3 is 1. The number of carbonyl (C=O) groups excluding carboxylic acids is 2. The van der Waals surface area contributed by atoms with Crippen molar-refractivity contribution in [3.63, 3.8) is 0 Å². The Labute approximate surface area is 113 Å². The molecule has 0 spiro atoms. The van der Waals surface area contributed by atoms with E-state index in [0.29, 0.717) is 16.8 Å². The van der Waals surface area contributed by atoms with E-state index in [9.17, 15) is 9.59 Å². The van der Waals surface area contributed by atoms with Crippen LogP contribution in [0.2, 0.25) is 0 Å². The minimum absolute atomic E-state index is 0.0576. The molecule has 3 N–H and O–H groups in total. The second-order valence-corrected chi connectivity index (χ2v) is 4.74. The molecule has 0 aliphatic heterocycles. The van der Waals surface area contributed by atoms with E-state index >= 15 is 0 Å². The molecule has 0 radical (unpaired) electrons. The monoisotopic (exact) mass is 264 g/mol. The predicted molar refractivity (Wildman–Crippen MR) is 73.7 cm³/mol. The molecular formula is C14H20N2O3. The minimum atomic E-state index is -0.668. The van der Waals surface area contributed by atoms with Crippen molar-refractivity contribution in [1.82, 2.24) is 5.32 Å². The van der Waals surface area contributed by atoms with Crippen molar-refractivity contribution >= 4 is 17.6 Å². The van der Waals surface area contributed by atoms with Crippen LogP contribution in [0.4, 0.5) is 5.69 Å². The van der Waals surface area contributed by atoms with Crippen molar-refractivity contribution < 1.29 is 14.3 Å². The molecule has 0 saturated carbocycles. The number of esters is 1. The van der Waals surface area contributed by atoms with Gasteiger partial charge in [0, 0.05) is 11.3 Å². The van der Waals surface area contributed by atoms with Gasteiger partial charge in [0.15, 0.2) is 0 Å². The van der Waals surface area contributed by atoms with Crippen LogP contribution < -0.4 is 11.1 Å². The first-order valence-corrected chi connectivity index (χ1v) is 6.12. The van der Waals surface area contributed by atoms with Crippen LogP contribution in [-0.4, -0.2) is 25.0 Å². The fraction of sp³-hybridized carbons (Fsp3) is 0.429. The molecule has 5 nitrogen and oxygen atoms in total. The lowest BCUT2D eigenvalue weighted by molar-refractivity contribution is -0.144. The van der Waals surface area contributed by atoms with Gasteiger partial charge >= 0.3 is 5.97 Å². The average molecular weight is 264 g/mol. The van der Waals surface area contributed by atoms with Crippen LogP contribution in [-0.2, 0) is 9.53 Å². The number of nitrogens with one attached hydrogen (secondary N) is 1. The van der Waals surface area contributed by atoms with Gasteiger partial charge in [-0.05, 0) is 30.5 Å². The second kappa shape index (κ2) is 6.22. The largest absolute Gasteiger partial charge is 0.467 e. The number of hydrogen-bond acceptors (Lipinski definition) is 4. The Morgan fingerprint density at radius 3 is 2.47 bits per heavy atom. The maximum absolute atomic E-state index is 12.2. The third-order valence-electron chi connectivity index (χ3n) is 3.03. The van der Waals surface area contributed by atoms with Crippen LogP contribution in [0, 0.1) is 12.8 Å². The van der Waals surface area contributed by atoms with Crippen molar-refractivity contribution in [3.05, 3.63) is 29.3 Å². The quantitative estimate of drug-likeness (QED) is 0.638. The van der Waals surface area contributed by atoms with E-state index in [1.807, 2.05) is 13.8 Å². The lowest BCUT2D eigenvalue weighted by Crippen LogP contribution is -2.45. The van der Waals surface area contributed by atoms with Gasteiger partial charge in [0.1, 0.15) is 6.04 Å². The molecule has 0 aromatic heterocycles. The van der Waals surface area contributed by atoms with Gasteiger partial charge in [-0.3, -0.25) is 4.79 Å². The van der Waals surface area contributed by atoms with Gasteiger partial charge in [-0.2, -0.15) is 0 Å². The van der Waals surface area contributed by atoms with Crippen LogP contribution in [0.15, 0.2) is 18.2 Å². The summed E-state index contributed by atoms with van der Waals surface area (Å²) in [6.45, 7) is 5.45. The van der Waals surface area contributed by atoms with Gasteiger partial charge in [0.2, 0.25) is 0 Å². The lowest BCUT2D eigenvalue weighted by atomic mass is 10.0. The molecule has 1 atom stereocenters. The molecule has 1 rings (SSSR count). The number of rotatable bonds is 4. The van der Waals surface area contributed by atoms with Crippen LogP contribution >= 0.6 is 0 Å². The maximum Gasteiger partial charge on any atom is 0.328 e. The van der Waals surface area contributed by atoms with E-state index in [2.05, 4.69) is 10.1 Å². The SMILES string of the molecule is COC(=O)C(NC(=O)c1cccc(N)c1C)C(C)C. The number of nitrogen functional groups attached to an aromatic ring is 1. The number of benzene rings is 1. The standard InChI is InChI=1S/C14H20N2O3/c1-8(2)12(14(18)19-4)16-13(17)10-6-5-7-11(15)9(10)3/h5-8,12H,15H2,1-4H3,(H,16,17). The molecule has 0 saturated heterocycles. The zero-order valence-electron chi connectivity index (χ0n) is 11.7. The van der Waals surface area contributed by atoms with Crippen LogP contribution in [0.25, 0.3) is 0 Å². The van der Waals surface area contributed by atoms with E-state index in [0.717, 1.165) is 0 Å². The highest BCUT2D eigenvalue weighted by Crippen LogP contribution is 2.16. The maximum atomic E-state index is 12.2. The molecule has 1 aromatic carbocycles. The van der Waals surface area contributed by atoms with Crippen molar-refractivity contribution in [2.24, 2.45) is 5.92 Å². The molecule has 0 aliphatic rings. The van der Waals surface area contributed by atoms with E-state index < -0.39 is 12.0 Å². The smallest absolute Gasteiger partial charge is 0.328 e. The van der Waals surface area contributed by atoms with Gasteiger partial charge in [-0.1, -0.05) is 19.9 Å². The zero-order chi connectivity index (χ0) is 14.6. The van der Waals surface area contributed by atoms with Crippen molar-refractivity contribution in [2.45, 2.75) is 26.8 Å². The molecule has 0 fully saturated rings. The number of hydrogen-bond donors (Lipinski definition) is 2. The van der Waals surface area contributed by atoms with E-state index in [4.69, 9.17) is 5.73 Å². The first-order valence-electron chi connectivity index (χ1n) is 6.12. The molecule has 1 unspecified atom stereocenters. The topological polar surface area (TPSA) is 81.4 Å². The molecule has 0 bridgehead atoms. The molecule has 104 valence electrons. The highest BCUT2D eigenvalue weighted by Gasteiger charge is 2.25. The highest BCUT2D eigenvalue weighted by atomic mass is 16.5. The van der Waals surface area contributed by atoms with Crippen LogP contribution in [0.1, 0.15) is 29.8 Å². The van der Waals surface area contributed by atoms with Gasteiger partial charge in [0.25, 0.3) is 5.91 Å². The molecule has 0 heterocycles. The van der Waals surface area contributed by atoms with Crippen molar-refractivity contribution in [1.29, 1.82) is 0 Å². The Balaban J connectivity index is 2.94. The average Bonchev–Trinajstić information content (AvgIpc) is 2.37. The van der Waals surface area contributed by atoms with Gasteiger partial charge in [-0.15, -0.1) is 0 Å². The lowest BCUT2D eigenvalue weighted by Gasteiger charge is -2.20. The summed E-state index contributed by atoms with van der Waals surface area (Å²) in [5.74, 6) is -0.837. The number of carbonyl (C=O) groups is 2. The zero-order valence-corrected chi connectivity index (χ0v) is 11.7. The summed E-state index contributed by atoms with van der Waals surface area (Å²) in [7, 11) is 1.30. The Kier molecular flexibility index (Phi) is 4.92. The summed E-state index contributed by atoms with van der Waals surface area (Å²) in [6.07, 6.45) is 0. The predicted octanol–water partition coefficient (Wildman–Crippen LogP) is 1.50. The number of amides is 1. The Morgan fingerprint density at radius 1 is 1.32 bits per heavy atom. The summed E-state index contributed by atoms with van der Waals surface area (Å²) in [5.41, 5.74) is 7.48.